The van der Waals surface area contributed by atoms with Crippen molar-refractivity contribution in [3.63, 3.8) is 0 Å². The smallest absolute Gasteiger partial charge is 0.100 e. The van der Waals surface area contributed by atoms with E-state index in [0.29, 0.717) is 11.7 Å². The molecule has 1 atom stereocenters. The minimum Gasteiger partial charge on any atom is -0.212 e. The quantitative estimate of drug-likeness (QED) is 0.656. The normalized spacial score (nSPS) is 25.6. The third-order valence-corrected chi connectivity index (χ3v) is 4.06. The van der Waals surface area contributed by atoms with Gasteiger partial charge in [-0.25, -0.2) is 4.39 Å². The third kappa shape index (κ3) is 3.11. The van der Waals surface area contributed by atoms with Crippen molar-refractivity contribution in [3.05, 3.63) is 46.2 Å². The van der Waals surface area contributed by atoms with Gasteiger partial charge in [-0.2, -0.15) is 0 Å². The molecule has 2 aliphatic carbocycles. The van der Waals surface area contributed by atoms with Crippen LogP contribution in [0.15, 0.2) is 46.2 Å². The highest BCUT2D eigenvalue weighted by molar-refractivity contribution is 8.03. The average molecular weight is 236 g/mol. The van der Waals surface area contributed by atoms with Gasteiger partial charge in [0.1, 0.15) is 5.83 Å². The summed E-state index contributed by atoms with van der Waals surface area (Å²) in [5, 5.41) is 0.533. The van der Waals surface area contributed by atoms with E-state index in [1.807, 2.05) is 17.8 Å². The van der Waals surface area contributed by atoms with E-state index in [1.54, 1.807) is 6.08 Å². The zero-order valence-corrected chi connectivity index (χ0v) is 10.6. The minimum atomic E-state index is 0.00999. The second-order valence-corrected chi connectivity index (χ2v) is 5.87. The lowest BCUT2D eigenvalue weighted by Gasteiger charge is -2.20. The molecule has 0 aromatic rings. The topological polar surface area (TPSA) is 0 Å². The molecule has 2 heteroatoms. The van der Waals surface area contributed by atoms with E-state index in [-0.39, 0.29) is 5.83 Å². The summed E-state index contributed by atoms with van der Waals surface area (Å²) in [5.74, 6) is 0.00999. The lowest BCUT2D eigenvalue weighted by Crippen LogP contribution is -2.05. The van der Waals surface area contributed by atoms with Crippen LogP contribution in [0.5, 0.6) is 0 Å². The Morgan fingerprint density at radius 2 is 2.06 bits per heavy atom. The molecule has 0 aromatic heterocycles. The van der Waals surface area contributed by atoms with Gasteiger partial charge in [0, 0.05) is 11.7 Å². The Hall–Kier alpha value is -0.760. The molecule has 2 rings (SSSR count). The first-order chi connectivity index (χ1) is 7.63. The summed E-state index contributed by atoms with van der Waals surface area (Å²) in [6, 6.07) is 0. The SMILES string of the molecule is CC1=CC(SC2=CC=C(F)CC2)CC(C)=C1. The van der Waals surface area contributed by atoms with Crippen molar-refractivity contribution in [1.82, 2.24) is 0 Å². The summed E-state index contributed by atoms with van der Waals surface area (Å²) in [7, 11) is 0. The first kappa shape index (κ1) is 11.7. The second-order valence-electron chi connectivity index (χ2n) is 4.51. The number of rotatable bonds is 2. The molecule has 16 heavy (non-hydrogen) atoms. The first-order valence-electron chi connectivity index (χ1n) is 5.71. The van der Waals surface area contributed by atoms with E-state index in [9.17, 15) is 4.39 Å². The van der Waals surface area contributed by atoms with Crippen molar-refractivity contribution in [2.24, 2.45) is 0 Å². The fourth-order valence-electron chi connectivity index (χ4n) is 2.13. The summed E-state index contributed by atoms with van der Waals surface area (Å²) >= 11 is 1.88. The molecular formula is C14H17FS. The Labute approximate surface area is 101 Å². The van der Waals surface area contributed by atoms with Crippen LogP contribution >= 0.6 is 11.8 Å². The first-order valence-corrected chi connectivity index (χ1v) is 6.59. The summed E-state index contributed by atoms with van der Waals surface area (Å²) in [6.45, 7) is 4.32. The van der Waals surface area contributed by atoms with Crippen molar-refractivity contribution < 1.29 is 4.39 Å². The highest BCUT2D eigenvalue weighted by atomic mass is 32.2. The van der Waals surface area contributed by atoms with Gasteiger partial charge in [-0.1, -0.05) is 29.4 Å². The molecule has 0 saturated carbocycles. The molecule has 0 aliphatic heterocycles. The molecule has 0 heterocycles. The Balaban J connectivity index is 1.99. The average Bonchev–Trinajstić information content (AvgIpc) is 2.20. The Kier molecular flexibility index (Phi) is 3.70. The number of thioether (sulfide) groups is 1. The van der Waals surface area contributed by atoms with Crippen LogP contribution < -0.4 is 0 Å². The van der Waals surface area contributed by atoms with E-state index in [0.717, 1.165) is 12.8 Å². The van der Waals surface area contributed by atoms with E-state index >= 15 is 0 Å². The molecular weight excluding hydrogens is 219 g/mol. The Morgan fingerprint density at radius 1 is 1.25 bits per heavy atom. The van der Waals surface area contributed by atoms with Crippen LogP contribution in [0.25, 0.3) is 0 Å². The number of allylic oxidation sites excluding steroid dienone is 7. The summed E-state index contributed by atoms with van der Waals surface area (Å²) < 4.78 is 12.8. The van der Waals surface area contributed by atoms with Gasteiger partial charge >= 0.3 is 0 Å². The lowest BCUT2D eigenvalue weighted by atomic mass is 10.0. The molecule has 0 aromatic carbocycles. The van der Waals surface area contributed by atoms with E-state index in [2.05, 4.69) is 26.0 Å². The van der Waals surface area contributed by atoms with Gasteiger partial charge in [-0.05, 0) is 37.7 Å². The van der Waals surface area contributed by atoms with Crippen LogP contribution in [0.4, 0.5) is 4.39 Å². The van der Waals surface area contributed by atoms with Crippen molar-refractivity contribution in [3.8, 4) is 0 Å². The van der Waals surface area contributed by atoms with Crippen molar-refractivity contribution in [1.29, 1.82) is 0 Å². The van der Waals surface area contributed by atoms with Crippen molar-refractivity contribution in [2.45, 2.75) is 38.4 Å². The van der Waals surface area contributed by atoms with E-state index in [4.69, 9.17) is 0 Å². The monoisotopic (exact) mass is 236 g/mol. The Bertz CT molecular complexity index is 399. The number of hydrogen-bond donors (Lipinski definition) is 0. The third-order valence-electron chi connectivity index (χ3n) is 2.81. The highest BCUT2D eigenvalue weighted by Gasteiger charge is 2.15. The summed E-state index contributed by atoms with van der Waals surface area (Å²) in [6.07, 6.45) is 10.6. The molecule has 0 amide bonds. The maximum atomic E-state index is 12.8. The lowest BCUT2D eigenvalue weighted by molar-refractivity contribution is 0.586. The zero-order valence-electron chi connectivity index (χ0n) is 9.79. The van der Waals surface area contributed by atoms with Gasteiger partial charge in [0.15, 0.2) is 0 Å². The predicted octanol–water partition coefficient (Wildman–Crippen LogP) is 4.92. The molecule has 0 radical (unpaired) electrons. The number of halogens is 1. The van der Waals surface area contributed by atoms with Gasteiger partial charge in [0.05, 0.1) is 0 Å². The van der Waals surface area contributed by atoms with Crippen LogP contribution in [0, 0.1) is 0 Å². The molecule has 0 nitrogen and oxygen atoms in total. The summed E-state index contributed by atoms with van der Waals surface area (Å²) in [4.78, 5) is 1.31. The van der Waals surface area contributed by atoms with Crippen molar-refractivity contribution >= 4 is 11.8 Å². The zero-order chi connectivity index (χ0) is 11.5. The van der Waals surface area contributed by atoms with Crippen molar-refractivity contribution in [2.75, 3.05) is 0 Å². The van der Waals surface area contributed by atoms with Gasteiger partial charge < -0.3 is 0 Å². The van der Waals surface area contributed by atoms with Gasteiger partial charge in [-0.15, -0.1) is 11.8 Å². The fourth-order valence-corrected chi connectivity index (χ4v) is 3.51. The molecule has 0 N–H and O–H groups in total. The molecule has 0 saturated heterocycles. The largest absolute Gasteiger partial charge is 0.212 e. The Morgan fingerprint density at radius 3 is 2.69 bits per heavy atom. The maximum Gasteiger partial charge on any atom is 0.100 e. The summed E-state index contributed by atoms with van der Waals surface area (Å²) in [5.41, 5.74) is 2.79. The maximum absolute atomic E-state index is 12.8. The van der Waals surface area contributed by atoms with Gasteiger partial charge in [0.2, 0.25) is 0 Å². The van der Waals surface area contributed by atoms with Crippen LogP contribution in [0.3, 0.4) is 0 Å². The molecule has 0 bridgehead atoms. The van der Waals surface area contributed by atoms with E-state index in [1.165, 1.54) is 16.1 Å². The second kappa shape index (κ2) is 5.05. The predicted molar refractivity (Wildman–Crippen MR) is 70.0 cm³/mol. The van der Waals surface area contributed by atoms with Crippen LogP contribution in [-0.4, -0.2) is 5.25 Å². The molecule has 2 aliphatic rings. The van der Waals surface area contributed by atoms with Gasteiger partial charge in [-0.3, -0.25) is 0 Å². The number of hydrogen-bond acceptors (Lipinski definition) is 1. The van der Waals surface area contributed by atoms with Crippen LogP contribution in [0.1, 0.15) is 33.1 Å². The van der Waals surface area contributed by atoms with Crippen LogP contribution in [0.2, 0.25) is 0 Å². The minimum absolute atomic E-state index is 0.00999. The molecule has 86 valence electrons. The molecule has 1 unspecified atom stereocenters. The molecule has 0 fully saturated rings. The fraction of sp³-hybridized carbons (Fsp3) is 0.429. The van der Waals surface area contributed by atoms with Crippen LogP contribution in [-0.2, 0) is 0 Å². The standard InChI is InChI=1S/C14H17FS/c1-10-7-11(2)9-14(8-10)16-13-5-3-12(15)4-6-13/h3,5,7-8,14H,4,6,9H2,1-2H3. The van der Waals surface area contributed by atoms with E-state index < -0.39 is 0 Å². The highest BCUT2D eigenvalue weighted by Crippen LogP contribution is 2.36. The van der Waals surface area contributed by atoms with Gasteiger partial charge in [0.25, 0.3) is 0 Å². The molecule has 0 spiro atoms.